The first-order chi connectivity index (χ1) is 12.9. The van der Waals surface area contributed by atoms with Gasteiger partial charge in [-0.05, 0) is 13.3 Å². The van der Waals surface area contributed by atoms with Crippen molar-refractivity contribution in [1.29, 1.82) is 0 Å². The van der Waals surface area contributed by atoms with Crippen LogP contribution in [0.2, 0.25) is 0 Å². The number of phosphoric ester groups is 1. The van der Waals surface area contributed by atoms with Crippen LogP contribution in [0.4, 0.5) is 0 Å². The van der Waals surface area contributed by atoms with E-state index in [2.05, 4.69) is 0 Å². The standard InChI is InChI=1S/C16H27O9P/c1-2-3-4-5-7-21-15-10-23-13(9-17)16(15)25-26(19,20)24-11-14-12(18)6-8-22-14/h2-5,12-18H,6-11H2,1H3,(H,19,20)/b3-2+,5-4+/t12-,13-,14-,15?,16+/m1/s1/i8T/t8-,12+,13+,14+,15?,16-/m0. The second kappa shape index (κ2) is 10.7. The van der Waals surface area contributed by atoms with Crippen molar-refractivity contribution in [1.82, 2.24) is 0 Å². The van der Waals surface area contributed by atoms with Crippen molar-refractivity contribution in [2.45, 2.75) is 43.9 Å². The highest BCUT2D eigenvalue weighted by Gasteiger charge is 2.44. The van der Waals surface area contributed by atoms with E-state index >= 15 is 0 Å². The van der Waals surface area contributed by atoms with Gasteiger partial charge >= 0.3 is 7.82 Å². The molecule has 2 aliphatic heterocycles. The third-order valence-electron chi connectivity index (χ3n) is 3.93. The first-order valence-electron chi connectivity index (χ1n) is 8.97. The fourth-order valence-electron chi connectivity index (χ4n) is 2.53. The van der Waals surface area contributed by atoms with Crippen molar-refractivity contribution in [2.24, 2.45) is 0 Å². The average molecular weight is 396 g/mol. The second-order valence-corrected chi connectivity index (χ2v) is 7.26. The molecule has 2 saturated heterocycles. The highest BCUT2D eigenvalue weighted by molar-refractivity contribution is 7.47. The number of aliphatic hydroxyl groups is 2. The molecule has 3 N–H and O–H groups in total. The fraction of sp³-hybridized carbons (Fsp3) is 0.750. The third kappa shape index (κ3) is 6.53. The molecule has 0 aromatic rings. The lowest BCUT2D eigenvalue weighted by molar-refractivity contribution is -0.0369. The van der Waals surface area contributed by atoms with Crippen molar-refractivity contribution in [3.63, 3.8) is 0 Å². The Morgan fingerprint density at radius 3 is 2.81 bits per heavy atom. The number of aliphatic hydroxyl groups excluding tert-OH is 2. The second-order valence-electron chi connectivity index (χ2n) is 5.86. The average Bonchev–Trinajstić information content (AvgIpc) is 3.14. The summed E-state index contributed by atoms with van der Waals surface area (Å²) < 4.78 is 45.8. The molecule has 0 spiro atoms. The molecule has 10 heteroatoms. The largest absolute Gasteiger partial charge is 0.472 e. The molecular weight excluding hydrogens is 367 g/mol. The van der Waals surface area contributed by atoms with Gasteiger partial charge in [0, 0.05) is 6.58 Å². The van der Waals surface area contributed by atoms with Gasteiger partial charge in [-0.1, -0.05) is 24.3 Å². The third-order valence-corrected chi connectivity index (χ3v) is 4.91. The summed E-state index contributed by atoms with van der Waals surface area (Å²) >= 11 is 0. The smallest absolute Gasteiger partial charge is 0.394 e. The molecule has 0 aromatic carbocycles. The Morgan fingerprint density at radius 1 is 1.35 bits per heavy atom. The first-order valence-corrected chi connectivity index (χ1v) is 9.89. The molecule has 0 radical (unpaired) electrons. The summed E-state index contributed by atoms with van der Waals surface area (Å²) in [5.74, 6) is 0. The van der Waals surface area contributed by atoms with Crippen molar-refractivity contribution >= 4 is 7.82 Å². The SMILES string of the molecule is [3H][C@H]1C[C@@H](O)[C@@H](COP(=O)(O)O[C@@H]2C(OC/C=C/C=C/C)CO[C@@H]2CO)O1. The van der Waals surface area contributed by atoms with Gasteiger partial charge in [0.15, 0.2) is 0 Å². The van der Waals surface area contributed by atoms with Crippen LogP contribution in [-0.4, -0.2) is 78.6 Å². The van der Waals surface area contributed by atoms with E-state index in [-0.39, 0.29) is 19.6 Å². The van der Waals surface area contributed by atoms with Crippen LogP contribution >= 0.6 is 7.82 Å². The van der Waals surface area contributed by atoms with Gasteiger partial charge in [0.25, 0.3) is 0 Å². The molecule has 2 unspecified atom stereocenters. The van der Waals surface area contributed by atoms with E-state index in [1.807, 2.05) is 19.1 Å². The number of hydrogen-bond acceptors (Lipinski definition) is 8. The fourth-order valence-corrected chi connectivity index (χ4v) is 3.50. The van der Waals surface area contributed by atoms with E-state index in [0.29, 0.717) is 0 Å². The zero-order valence-electron chi connectivity index (χ0n) is 15.5. The molecule has 0 saturated carbocycles. The Morgan fingerprint density at radius 2 is 2.15 bits per heavy atom. The lowest BCUT2D eigenvalue weighted by atomic mass is 10.1. The van der Waals surface area contributed by atoms with Crippen molar-refractivity contribution in [3.8, 4) is 0 Å². The predicted octanol–water partition coefficient (Wildman–Crippen LogP) is 0.547. The summed E-state index contributed by atoms with van der Waals surface area (Å²) in [6.07, 6.45) is 3.02. The van der Waals surface area contributed by atoms with Gasteiger partial charge in [-0.15, -0.1) is 0 Å². The van der Waals surface area contributed by atoms with Gasteiger partial charge in [-0.2, -0.15) is 0 Å². The van der Waals surface area contributed by atoms with Crippen molar-refractivity contribution in [2.75, 3.05) is 33.0 Å². The summed E-state index contributed by atoms with van der Waals surface area (Å²) in [5, 5.41) is 19.1. The zero-order valence-corrected chi connectivity index (χ0v) is 15.4. The number of allylic oxidation sites excluding steroid dienone is 3. The highest BCUT2D eigenvalue weighted by Crippen LogP contribution is 2.47. The molecule has 7 atom stereocenters. The maximum absolute atomic E-state index is 12.2. The molecule has 150 valence electrons. The van der Waals surface area contributed by atoms with E-state index in [9.17, 15) is 19.7 Å². The van der Waals surface area contributed by atoms with Crippen molar-refractivity contribution < 1.29 is 44.3 Å². The summed E-state index contributed by atoms with van der Waals surface area (Å²) in [5.41, 5.74) is 0. The van der Waals surface area contributed by atoms with E-state index < -0.39 is 58.1 Å². The summed E-state index contributed by atoms with van der Waals surface area (Å²) in [6.45, 7) is 0.495. The maximum atomic E-state index is 12.2. The summed E-state index contributed by atoms with van der Waals surface area (Å²) in [6, 6.07) is 0. The quantitative estimate of drug-likeness (QED) is 0.359. The summed E-state index contributed by atoms with van der Waals surface area (Å²) in [4.78, 5) is 9.97. The van der Waals surface area contributed by atoms with Crippen molar-refractivity contribution in [3.05, 3.63) is 24.3 Å². The number of rotatable bonds is 10. The molecule has 0 aliphatic carbocycles. The minimum absolute atomic E-state index is 0.0956. The number of ether oxygens (including phenoxy) is 3. The number of hydrogen-bond donors (Lipinski definition) is 3. The molecular formula is C16H27O9P. The maximum Gasteiger partial charge on any atom is 0.472 e. The lowest BCUT2D eigenvalue weighted by Gasteiger charge is -2.25. The Hall–Kier alpha value is -0.610. The van der Waals surface area contributed by atoms with E-state index in [0.717, 1.165) is 0 Å². The van der Waals surface area contributed by atoms with E-state index in [1.165, 1.54) is 0 Å². The van der Waals surface area contributed by atoms with Crippen LogP contribution in [0.3, 0.4) is 0 Å². The van der Waals surface area contributed by atoms with Crippen LogP contribution in [0.5, 0.6) is 0 Å². The lowest BCUT2D eigenvalue weighted by Crippen LogP contribution is -2.36. The van der Waals surface area contributed by atoms with Crippen LogP contribution in [-0.2, 0) is 27.8 Å². The molecule has 2 fully saturated rings. The van der Waals surface area contributed by atoms with Gasteiger partial charge in [-0.3, -0.25) is 9.05 Å². The topological polar surface area (TPSA) is 124 Å². The van der Waals surface area contributed by atoms with Gasteiger partial charge in [0.05, 0.1) is 33.9 Å². The Balaban J connectivity index is 1.88. The highest BCUT2D eigenvalue weighted by atomic mass is 31.2. The molecule has 26 heavy (non-hydrogen) atoms. The molecule has 0 aromatic heterocycles. The van der Waals surface area contributed by atoms with Gasteiger partial charge in [-0.25, -0.2) is 4.57 Å². The molecule has 9 nitrogen and oxygen atoms in total. The van der Waals surface area contributed by atoms with Gasteiger partial charge < -0.3 is 29.3 Å². The molecule has 2 heterocycles. The first kappa shape index (κ1) is 20.1. The Kier molecular flexibility index (Phi) is 8.25. The van der Waals surface area contributed by atoms with Crippen LogP contribution in [0.15, 0.2) is 24.3 Å². The summed E-state index contributed by atoms with van der Waals surface area (Å²) in [7, 11) is -4.53. The minimum atomic E-state index is -4.53. The monoisotopic (exact) mass is 396 g/mol. The minimum Gasteiger partial charge on any atom is -0.394 e. The van der Waals surface area contributed by atoms with Gasteiger partial charge in [0.1, 0.15) is 24.4 Å². The van der Waals surface area contributed by atoms with Crippen LogP contribution in [0, 0.1) is 0 Å². The van der Waals surface area contributed by atoms with E-state index in [4.69, 9.17) is 24.6 Å². The molecule has 0 amide bonds. The normalized spacial score (nSPS) is 38.2. The zero-order chi connectivity index (χ0) is 19.9. The Bertz CT molecular complexity index is 558. The van der Waals surface area contributed by atoms with Crippen LogP contribution in [0.25, 0.3) is 0 Å². The van der Waals surface area contributed by atoms with Gasteiger partial charge in [0.2, 0.25) is 0 Å². The van der Waals surface area contributed by atoms with Crippen LogP contribution < -0.4 is 0 Å². The predicted molar refractivity (Wildman–Crippen MR) is 91.5 cm³/mol. The molecule has 2 aliphatic rings. The van der Waals surface area contributed by atoms with Crippen LogP contribution in [0.1, 0.15) is 14.7 Å². The molecule has 0 bridgehead atoms. The van der Waals surface area contributed by atoms with E-state index in [1.54, 1.807) is 12.2 Å². The number of phosphoric acid groups is 1. The molecule has 2 rings (SSSR count). The Labute approximate surface area is 154 Å².